The Balaban J connectivity index is 1.19. The van der Waals surface area contributed by atoms with Crippen molar-refractivity contribution < 1.29 is 9.15 Å². The second kappa shape index (κ2) is 7.88. The van der Waals surface area contributed by atoms with Crippen molar-refractivity contribution in [3.63, 3.8) is 0 Å². The molecule has 6 nitrogen and oxygen atoms in total. The molecule has 0 aliphatic carbocycles. The predicted molar refractivity (Wildman–Crippen MR) is 107 cm³/mol. The Morgan fingerprint density at radius 2 is 1.85 bits per heavy atom. The molecule has 142 valence electrons. The highest BCUT2D eigenvalue weighted by atomic mass is 16.5. The number of aryl methyl sites for hydroxylation is 1. The van der Waals surface area contributed by atoms with Crippen LogP contribution >= 0.6 is 0 Å². The number of fused-ring (bicyclic) bond motifs is 1. The zero-order valence-electron chi connectivity index (χ0n) is 15.6. The van der Waals surface area contributed by atoms with E-state index < -0.39 is 5.76 Å². The maximum atomic E-state index is 11.2. The molecule has 0 unspecified atom stereocenters. The summed E-state index contributed by atoms with van der Waals surface area (Å²) in [6.45, 7) is 8.08. The maximum Gasteiger partial charge on any atom is 0.417 e. The molecule has 0 radical (unpaired) electrons. The molecule has 27 heavy (non-hydrogen) atoms. The Bertz CT molecular complexity index is 937. The maximum absolute atomic E-state index is 11.2. The molecule has 1 saturated heterocycles. The van der Waals surface area contributed by atoms with E-state index in [4.69, 9.17) is 9.15 Å². The molecule has 4 rings (SSSR count). The number of H-pyrrole nitrogens is 1. The van der Waals surface area contributed by atoms with Crippen LogP contribution in [0.5, 0.6) is 5.75 Å². The SMILES string of the molecule is Cc1ccc(N2CCN(CCCOc3ccc4[nH]c(=O)oc4c3)CC2)cc1. The number of rotatable bonds is 6. The number of aromatic amines is 1. The molecule has 0 amide bonds. The number of hydrogen-bond acceptors (Lipinski definition) is 5. The molecule has 1 aliphatic heterocycles. The van der Waals surface area contributed by atoms with E-state index in [1.807, 2.05) is 6.07 Å². The average molecular weight is 367 g/mol. The largest absolute Gasteiger partial charge is 0.493 e. The number of aromatic nitrogens is 1. The number of benzene rings is 2. The Morgan fingerprint density at radius 3 is 2.63 bits per heavy atom. The number of nitrogens with zero attached hydrogens (tertiary/aromatic N) is 2. The van der Waals surface area contributed by atoms with Gasteiger partial charge in [-0.15, -0.1) is 0 Å². The lowest BCUT2D eigenvalue weighted by Crippen LogP contribution is -2.46. The van der Waals surface area contributed by atoms with E-state index in [-0.39, 0.29) is 0 Å². The summed E-state index contributed by atoms with van der Waals surface area (Å²) in [6, 6.07) is 14.2. The van der Waals surface area contributed by atoms with Gasteiger partial charge in [-0.25, -0.2) is 4.79 Å². The van der Waals surface area contributed by atoms with Crippen molar-refractivity contribution in [2.75, 3.05) is 44.2 Å². The molecule has 0 atom stereocenters. The summed E-state index contributed by atoms with van der Waals surface area (Å²) in [6.07, 6.45) is 0.972. The first-order valence-corrected chi connectivity index (χ1v) is 9.47. The van der Waals surface area contributed by atoms with Gasteiger partial charge in [0.05, 0.1) is 12.1 Å². The first kappa shape index (κ1) is 17.7. The van der Waals surface area contributed by atoms with Gasteiger partial charge >= 0.3 is 5.76 Å². The van der Waals surface area contributed by atoms with Crippen molar-refractivity contribution in [2.45, 2.75) is 13.3 Å². The highest BCUT2D eigenvalue weighted by Crippen LogP contribution is 2.19. The summed E-state index contributed by atoms with van der Waals surface area (Å²) >= 11 is 0. The van der Waals surface area contributed by atoms with Gasteiger partial charge in [-0.3, -0.25) is 9.88 Å². The van der Waals surface area contributed by atoms with Crippen molar-refractivity contribution in [1.82, 2.24) is 9.88 Å². The van der Waals surface area contributed by atoms with Gasteiger partial charge in [0.15, 0.2) is 5.58 Å². The lowest BCUT2D eigenvalue weighted by molar-refractivity contribution is 0.225. The monoisotopic (exact) mass is 367 g/mol. The van der Waals surface area contributed by atoms with Crippen LogP contribution in [0.15, 0.2) is 51.7 Å². The summed E-state index contributed by atoms with van der Waals surface area (Å²) in [5.74, 6) is 0.293. The molecule has 1 N–H and O–H groups in total. The molecule has 0 spiro atoms. The Kier molecular flexibility index (Phi) is 5.16. The minimum absolute atomic E-state index is 0.438. The van der Waals surface area contributed by atoms with Crippen molar-refractivity contribution in [2.24, 2.45) is 0 Å². The van der Waals surface area contributed by atoms with Gasteiger partial charge in [-0.1, -0.05) is 17.7 Å². The molecule has 0 bridgehead atoms. The van der Waals surface area contributed by atoms with Crippen LogP contribution in [0.1, 0.15) is 12.0 Å². The fraction of sp³-hybridized carbons (Fsp3) is 0.381. The molecule has 2 aromatic carbocycles. The molecule has 0 saturated carbocycles. The number of hydrogen-bond donors (Lipinski definition) is 1. The van der Waals surface area contributed by atoms with Gasteiger partial charge in [0.1, 0.15) is 5.75 Å². The molecule has 2 heterocycles. The number of anilines is 1. The van der Waals surface area contributed by atoms with Crippen LogP contribution < -0.4 is 15.4 Å². The molecule has 1 fully saturated rings. The van der Waals surface area contributed by atoms with Crippen LogP contribution in [0.25, 0.3) is 11.1 Å². The van der Waals surface area contributed by atoms with Gasteiger partial charge in [-0.05, 0) is 37.6 Å². The average Bonchev–Trinajstić information content (AvgIpc) is 3.06. The van der Waals surface area contributed by atoms with E-state index in [1.54, 1.807) is 12.1 Å². The number of nitrogens with one attached hydrogen (secondary N) is 1. The molecule has 3 aromatic rings. The highest BCUT2D eigenvalue weighted by Gasteiger charge is 2.16. The molecular weight excluding hydrogens is 342 g/mol. The van der Waals surface area contributed by atoms with E-state index in [0.29, 0.717) is 17.7 Å². The number of piperazine rings is 1. The van der Waals surface area contributed by atoms with E-state index in [9.17, 15) is 4.79 Å². The summed E-state index contributed by atoms with van der Waals surface area (Å²) in [4.78, 5) is 18.8. The third kappa shape index (κ3) is 4.34. The van der Waals surface area contributed by atoms with Crippen LogP contribution in [0.2, 0.25) is 0 Å². The Hall–Kier alpha value is -2.73. The second-order valence-electron chi connectivity index (χ2n) is 7.04. The van der Waals surface area contributed by atoms with Gasteiger partial charge < -0.3 is 14.1 Å². The van der Waals surface area contributed by atoms with Gasteiger partial charge in [0, 0.05) is 44.5 Å². The normalized spacial score (nSPS) is 15.4. The number of ether oxygens (including phenoxy) is 1. The standard InChI is InChI=1S/C21H25N3O3/c1-16-3-5-17(6-4-16)24-12-10-23(11-13-24)9-2-14-26-18-7-8-19-20(15-18)27-21(25)22-19/h3-8,15H,2,9-14H2,1H3,(H,22,25). The van der Waals surface area contributed by atoms with Crippen LogP contribution in [-0.4, -0.2) is 49.2 Å². The molecular formula is C21H25N3O3. The van der Waals surface area contributed by atoms with E-state index >= 15 is 0 Å². The quantitative estimate of drug-likeness (QED) is 0.679. The Morgan fingerprint density at radius 1 is 1.07 bits per heavy atom. The summed E-state index contributed by atoms with van der Waals surface area (Å²) in [5, 5.41) is 0. The highest BCUT2D eigenvalue weighted by molar-refractivity contribution is 5.73. The van der Waals surface area contributed by atoms with Crippen molar-refractivity contribution in [3.8, 4) is 5.75 Å². The summed E-state index contributed by atoms with van der Waals surface area (Å²) in [7, 11) is 0. The molecule has 1 aromatic heterocycles. The third-order valence-electron chi connectivity index (χ3n) is 5.05. The van der Waals surface area contributed by atoms with Crippen LogP contribution in [0.4, 0.5) is 5.69 Å². The summed E-state index contributed by atoms with van der Waals surface area (Å²) in [5.41, 5.74) is 3.84. The molecule has 6 heteroatoms. The third-order valence-corrected chi connectivity index (χ3v) is 5.05. The van der Waals surface area contributed by atoms with E-state index in [1.165, 1.54) is 11.3 Å². The molecule has 1 aliphatic rings. The number of oxazole rings is 1. The van der Waals surface area contributed by atoms with Crippen molar-refractivity contribution in [1.29, 1.82) is 0 Å². The van der Waals surface area contributed by atoms with Gasteiger partial charge in [0.25, 0.3) is 0 Å². The lowest BCUT2D eigenvalue weighted by Gasteiger charge is -2.36. The van der Waals surface area contributed by atoms with E-state index in [2.05, 4.69) is 46.0 Å². The first-order chi connectivity index (χ1) is 13.2. The fourth-order valence-electron chi connectivity index (χ4n) is 3.48. The minimum Gasteiger partial charge on any atom is -0.493 e. The zero-order valence-corrected chi connectivity index (χ0v) is 15.6. The van der Waals surface area contributed by atoms with Crippen molar-refractivity contribution in [3.05, 3.63) is 58.6 Å². The van der Waals surface area contributed by atoms with Gasteiger partial charge in [-0.2, -0.15) is 0 Å². The topological polar surface area (TPSA) is 61.7 Å². The summed E-state index contributed by atoms with van der Waals surface area (Å²) < 4.78 is 10.9. The van der Waals surface area contributed by atoms with Crippen LogP contribution in [0, 0.1) is 6.92 Å². The lowest BCUT2D eigenvalue weighted by atomic mass is 10.2. The van der Waals surface area contributed by atoms with Gasteiger partial charge in [0.2, 0.25) is 0 Å². The smallest absolute Gasteiger partial charge is 0.417 e. The Labute approximate surface area is 158 Å². The zero-order chi connectivity index (χ0) is 18.6. The fourth-order valence-corrected chi connectivity index (χ4v) is 3.48. The predicted octanol–water partition coefficient (Wildman–Crippen LogP) is 3.02. The minimum atomic E-state index is -0.438. The van der Waals surface area contributed by atoms with Crippen LogP contribution in [-0.2, 0) is 0 Å². The second-order valence-corrected chi connectivity index (χ2v) is 7.04. The van der Waals surface area contributed by atoms with E-state index in [0.717, 1.165) is 44.9 Å². The van der Waals surface area contributed by atoms with Crippen LogP contribution in [0.3, 0.4) is 0 Å². The first-order valence-electron chi connectivity index (χ1n) is 9.47. The van der Waals surface area contributed by atoms with Crippen molar-refractivity contribution >= 4 is 16.8 Å².